The number of carbonyl (C=O) groups excluding carboxylic acids is 1. The number of halogens is 3. The summed E-state index contributed by atoms with van der Waals surface area (Å²) in [6.07, 6.45) is 1.55. The van der Waals surface area contributed by atoms with Gasteiger partial charge in [-0.15, -0.1) is 0 Å². The van der Waals surface area contributed by atoms with Crippen LogP contribution in [0.5, 0.6) is 0 Å². The van der Waals surface area contributed by atoms with Crippen LogP contribution in [0.1, 0.15) is 32.9 Å². The van der Waals surface area contributed by atoms with Crippen molar-refractivity contribution in [1.82, 2.24) is 19.6 Å². The molecule has 2 aromatic heterocycles. The fourth-order valence-electron chi connectivity index (χ4n) is 3.31. The second kappa shape index (κ2) is 9.26. The number of amides is 1. The van der Waals surface area contributed by atoms with Crippen LogP contribution in [0.15, 0.2) is 59.2 Å². The first kappa shape index (κ1) is 22.2. The molecule has 9 heteroatoms. The minimum Gasteiger partial charge on any atom is -0.304 e. The van der Waals surface area contributed by atoms with Crippen molar-refractivity contribution in [2.75, 3.05) is 5.32 Å². The van der Waals surface area contributed by atoms with Gasteiger partial charge in [0.1, 0.15) is 10.8 Å². The average molecular weight is 517 g/mol. The number of hydrogen-bond acceptors (Lipinski definition) is 3. The summed E-state index contributed by atoms with van der Waals surface area (Å²) in [6, 6.07) is 13.7. The zero-order chi connectivity index (χ0) is 22.8. The lowest BCUT2D eigenvalue weighted by Crippen LogP contribution is -2.13. The Hall–Kier alpha value is -2.97. The highest BCUT2D eigenvalue weighted by Crippen LogP contribution is 2.22. The summed E-state index contributed by atoms with van der Waals surface area (Å²) in [4.78, 5) is 12.7. The van der Waals surface area contributed by atoms with Gasteiger partial charge in [-0.1, -0.05) is 41.9 Å². The molecule has 0 saturated carbocycles. The van der Waals surface area contributed by atoms with Crippen LogP contribution in [0.3, 0.4) is 0 Å². The lowest BCUT2D eigenvalue weighted by Gasteiger charge is -2.07. The van der Waals surface area contributed by atoms with E-state index in [4.69, 9.17) is 11.6 Å². The Labute approximate surface area is 198 Å². The zero-order valence-corrected chi connectivity index (χ0v) is 19.8. The molecular weight excluding hydrogens is 497 g/mol. The van der Waals surface area contributed by atoms with Gasteiger partial charge in [-0.05, 0) is 53.5 Å². The number of hydrogen-bond donors (Lipinski definition) is 1. The standard InChI is InChI=1S/C23H20BrClFN5O/c1-14-21(24)15(2)31(28-14)11-16-7-9-17(10-8-16)23(32)27-22-19(25)13-30(29-22)12-18-5-3-4-6-20(18)26/h3-10,13H,11-12H2,1-2H3,(H,27,29,32). The molecule has 32 heavy (non-hydrogen) atoms. The first-order valence-corrected chi connectivity index (χ1v) is 11.0. The Morgan fingerprint density at radius 3 is 2.47 bits per heavy atom. The van der Waals surface area contributed by atoms with Gasteiger partial charge in [0.2, 0.25) is 0 Å². The molecule has 4 aromatic rings. The van der Waals surface area contributed by atoms with E-state index in [9.17, 15) is 9.18 Å². The van der Waals surface area contributed by atoms with Crippen molar-refractivity contribution in [1.29, 1.82) is 0 Å². The zero-order valence-electron chi connectivity index (χ0n) is 17.4. The Bertz CT molecular complexity index is 1280. The minimum absolute atomic E-state index is 0.208. The highest BCUT2D eigenvalue weighted by Gasteiger charge is 2.14. The van der Waals surface area contributed by atoms with Crippen LogP contribution in [0, 0.1) is 19.7 Å². The third kappa shape index (κ3) is 4.76. The number of aryl methyl sites for hydroxylation is 1. The molecule has 164 valence electrons. The molecule has 0 aliphatic carbocycles. The van der Waals surface area contributed by atoms with E-state index in [0.717, 1.165) is 21.4 Å². The highest BCUT2D eigenvalue weighted by molar-refractivity contribution is 9.10. The highest BCUT2D eigenvalue weighted by atomic mass is 79.9. The Balaban J connectivity index is 1.43. The predicted molar refractivity (Wildman–Crippen MR) is 126 cm³/mol. The van der Waals surface area contributed by atoms with Gasteiger partial charge in [-0.2, -0.15) is 10.2 Å². The third-order valence-corrected chi connectivity index (χ3v) is 6.51. The van der Waals surface area contributed by atoms with Crippen LogP contribution in [-0.4, -0.2) is 25.5 Å². The molecule has 0 bridgehead atoms. The number of benzene rings is 2. The lowest BCUT2D eigenvalue weighted by molar-refractivity contribution is 0.102. The topological polar surface area (TPSA) is 64.7 Å². The number of nitrogens with one attached hydrogen (secondary N) is 1. The van der Waals surface area contributed by atoms with Crippen LogP contribution in [-0.2, 0) is 13.1 Å². The molecule has 0 atom stereocenters. The Morgan fingerprint density at radius 1 is 1.09 bits per heavy atom. The van der Waals surface area contributed by atoms with Gasteiger partial charge >= 0.3 is 0 Å². The molecule has 0 unspecified atom stereocenters. The van der Waals surface area contributed by atoms with Crippen LogP contribution in [0.2, 0.25) is 5.02 Å². The summed E-state index contributed by atoms with van der Waals surface area (Å²) in [7, 11) is 0. The van der Waals surface area contributed by atoms with Gasteiger partial charge in [-0.3, -0.25) is 14.2 Å². The maximum atomic E-state index is 13.9. The average Bonchev–Trinajstić information content (AvgIpc) is 3.23. The monoisotopic (exact) mass is 515 g/mol. The van der Waals surface area contributed by atoms with E-state index >= 15 is 0 Å². The summed E-state index contributed by atoms with van der Waals surface area (Å²) >= 11 is 9.75. The molecule has 0 aliphatic heterocycles. The predicted octanol–water partition coefficient (Wildman–Crippen LogP) is 5.60. The van der Waals surface area contributed by atoms with Crippen molar-refractivity contribution in [3.63, 3.8) is 0 Å². The van der Waals surface area contributed by atoms with E-state index in [0.29, 0.717) is 17.7 Å². The second-order valence-electron chi connectivity index (χ2n) is 7.41. The molecule has 2 aromatic carbocycles. The molecule has 0 fully saturated rings. The lowest BCUT2D eigenvalue weighted by atomic mass is 10.1. The van der Waals surface area contributed by atoms with Crippen LogP contribution in [0.25, 0.3) is 0 Å². The van der Waals surface area contributed by atoms with E-state index < -0.39 is 0 Å². The van der Waals surface area contributed by atoms with E-state index in [1.807, 2.05) is 30.7 Å². The Morgan fingerprint density at radius 2 is 1.81 bits per heavy atom. The molecule has 2 heterocycles. The molecule has 0 aliphatic rings. The summed E-state index contributed by atoms with van der Waals surface area (Å²) in [5.74, 6) is -0.425. The van der Waals surface area contributed by atoms with Crippen molar-refractivity contribution < 1.29 is 9.18 Å². The van der Waals surface area contributed by atoms with Crippen LogP contribution >= 0.6 is 27.5 Å². The van der Waals surface area contributed by atoms with Crippen molar-refractivity contribution in [3.8, 4) is 0 Å². The number of aromatic nitrogens is 4. The number of nitrogens with zero attached hydrogens (tertiary/aromatic N) is 4. The van der Waals surface area contributed by atoms with Gasteiger partial charge in [0.15, 0.2) is 5.82 Å². The summed E-state index contributed by atoms with van der Waals surface area (Å²) in [5.41, 5.74) is 3.96. The van der Waals surface area contributed by atoms with Crippen molar-refractivity contribution in [2.24, 2.45) is 0 Å². The van der Waals surface area contributed by atoms with Crippen molar-refractivity contribution >= 4 is 39.3 Å². The quantitative estimate of drug-likeness (QED) is 0.363. The second-order valence-corrected chi connectivity index (χ2v) is 8.61. The normalized spacial score (nSPS) is 11.0. The van der Waals surface area contributed by atoms with Crippen LogP contribution in [0.4, 0.5) is 10.2 Å². The van der Waals surface area contributed by atoms with E-state index in [2.05, 4.69) is 31.4 Å². The fourth-order valence-corrected chi connectivity index (χ4v) is 3.79. The fraction of sp³-hybridized carbons (Fsp3) is 0.174. The molecule has 6 nitrogen and oxygen atoms in total. The minimum atomic E-state index is -0.330. The molecule has 0 spiro atoms. The van der Waals surface area contributed by atoms with Gasteiger partial charge in [0.25, 0.3) is 5.91 Å². The number of carbonyl (C=O) groups is 1. The molecule has 1 N–H and O–H groups in total. The molecule has 1 amide bonds. The number of rotatable bonds is 6. The van der Waals surface area contributed by atoms with Gasteiger partial charge in [0, 0.05) is 17.3 Å². The first-order valence-electron chi connectivity index (χ1n) is 9.88. The van der Waals surface area contributed by atoms with E-state index in [1.165, 1.54) is 10.7 Å². The molecule has 4 rings (SSSR count). The molecule has 0 saturated heterocycles. The SMILES string of the molecule is Cc1nn(Cc2ccc(C(=O)Nc3nn(Cc4ccccc4F)cc3Cl)cc2)c(C)c1Br. The molecule has 0 radical (unpaired) electrons. The van der Waals surface area contributed by atoms with E-state index in [-0.39, 0.29) is 29.1 Å². The molecular formula is C23H20BrClFN5O. The summed E-state index contributed by atoms with van der Waals surface area (Å²) in [5, 5.41) is 11.8. The van der Waals surface area contributed by atoms with Gasteiger partial charge in [-0.25, -0.2) is 4.39 Å². The van der Waals surface area contributed by atoms with Crippen molar-refractivity contribution in [3.05, 3.63) is 98.1 Å². The maximum Gasteiger partial charge on any atom is 0.256 e. The van der Waals surface area contributed by atoms with Crippen LogP contribution < -0.4 is 5.32 Å². The largest absolute Gasteiger partial charge is 0.304 e. The van der Waals surface area contributed by atoms with Crippen molar-refractivity contribution in [2.45, 2.75) is 26.9 Å². The summed E-state index contributed by atoms with van der Waals surface area (Å²) in [6.45, 7) is 4.76. The first-order chi connectivity index (χ1) is 15.3. The Kier molecular flexibility index (Phi) is 6.43. The van der Waals surface area contributed by atoms with E-state index in [1.54, 1.807) is 36.5 Å². The van der Waals surface area contributed by atoms with Gasteiger partial charge in [0.05, 0.1) is 29.0 Å². The van der Waals surface area contributed by atoms with Gasteiger partial charge < -0.3 is 5.32 Å². The smallest absolute Gasteiger partial charge is 0.256 e. The maximum absolute atomic E-state index is 13.9. The number of anilines is 1. The summed E-state index contributed by atoms with van der Waals surface area (Å²) < 4.78 is 18.3. The third-order valence-electron chi connectivity index (χ3n) is 5.08.